The summed E-state index contributed by atoms with van der Waals surface area (Å²) in [6.07, 6.45) is 7.15. The lowest BCUT2D eigenvalue weighted by Gasteiger charge is -2.26. The van der Waals surface area contributed by atoms with Crippen molar-refractivity contribution in [3.05, 3.63) is 35.9 Å². The Balaban J connectivity index is 1.45. The largest absolute Gasteiger partial charge is 0.355 e. The Kier molecular flexibility index (Phi) is 5.37. The standard InChI is InChI=1S/C20H30N2O/c1-22(2)19(12-15-6-4-3-5-7-15)14-21-20(23)13-18-11-16-8-9-17(18)10-16/h3-7,16-19H,8-14H2,1-2H3,(H,21,23). The zero-order valence-corrected chi connectivity index (χ0v) is 14.5. The molecule has 4 unspecified atom stereocenters. The maximum absolute atomic E-state index is 12.3. The molecule has 1 aromatic rings. The highest BCUT2D eigenvalue weighted by atomic mass is 16.1. The lowest BCUT2D eigenvalue weighted by Crippen LogP contribution is -2.42. The molecule has 0 heterocycles. The highest BCUT2D eigenvalue weighted by Crippen LogP contribution is 2.49. The number of hydrogen-bond donors (Lipinski definition) is 1. The van der Waals surface area contributed by atoms with E-state index >= 15 is 0 Å². The van der Waals surface area contributed by atoms with Gasteiger partial charge in [0.2, 0.25) is 5.91 Å². The van der Waals surface area contributed by atoms with Gasteiger partial charge in [-0.3, -0.25) is 4.79 Å². The van der Waals surface area contributed by atoms with Crippen molar-refractivity contribution in [2.24, 2.45) is 17.8 Å². The zero-order valence-electron chi connectivity index (χ0n) is 14.5. The van der Waals surface area contributed by atoms with Crippen LogP contribution in [0.25, 0.3) is 0 Å². The van der Waals surface area contributed by atoms with E-state index in [-0.39, 0.29) is 5.91 Å². The van der Waals surface area contributed by atoms with E-state index in [9.17, 15) is 4.79 Å². The number of amides is 1. The van der Waals surface area contributed by atoms with Gasteiger partial charge < -0.3 is 10.2 Å². The smallest absolute Gasteiger partial charge is 0.220 e. The third kappa shape index (κ3) is 4.35. The number of fused-ring (bicyclic) bond motifs is 2. The van der Waals surface area contributed by atoms with Gasteiger partial charge in [-0.15, -0.1) is 0 Å². The van der Waals surface area contributed by atoms with Crippen LogP contribution in [-0.4, -0.2) is 37.5 Å². The predicted molar refractivity (Wildman–Crippen MR) is 94.2 cm³/mol. The molecule has 0 aliphatic heterocycles. The Bertz CT molecular complexity index is 514. The first-order valence-corrected chi connectivity index (χ1v) is 9.09. The maximum Gasteiger partial charge on any atom is 0.220 e. The van der Waals surface area contributed by atoms with Crippen LogP contribution in [0.3, 0.4) is 0 Å². The number of carbonyl (C=O) groups is 1. The van der Waals surface area contributed by atoms with Crippen LogP contribution >= 0.6 is 0 Å². The molecule has 2 aliphatic carbocycles. The Hall–Kier alpha value is -1.35. The van der Waals surface area contributed by atoms with Crippen LogP contribution in [0.2, 0.25) is 0 Å². The molecule has 2 bridgehead atoms. The van der Waals surface area contributed by atoms with E-state index in [4.69, 9.17) is 0 Å². The van der Waals surface area contributed by atoms with Gasteiger partial charge in [-0.05, 0) is 63.1 Å². The van der Waals surface area contributed by atoms with E-state index in [2.05, 4.69) is 48.6 Å². The monoisotopic (exact) mass is 314 g/mol. The van der Waals surface area contributed by atoms with Crippen molar-refractivity contribution in [2.75, 3.05) is 20.6 Å². The third-order valence-electron chi connectivity index (χ3n) is 5.91. The summed E-state index contributed by atoms with van der Waals surface area (Å²) in [4.78, 5) is 14.5. The average Bonchev–Trinajstić information content (AvgIpc) is 3.15. The highest BCUT2D eigenvalue weighted by molar-refractivity contribution is 5.76. The summed E-state index contributed by atoms with van der Waals surface area (Å²) >= 11 is 0. The number of likely N-dealkylation sites (N-methyl/N-ethyl adjacent to an activating group) is 1. The van der Waals surface area contributed by atoms with Gasteiger partial charge in [-0.25, -0.2) is 0 Å². The first-order chi connectivity index (χ1) is 11.1. The Morgan fingerprint density at radius 3 is 2.61 bits per heavy atom. The Morgan fingerprint density at radius 1 is 1.22 bits per heavy atom. The van der Waals surface area contributed by atoms with Crippen LogP contribution < -0.4 is 5.32 Å². The molecule has 0 aromatic heterocycles. The zero-order chi connectivity index (χ0) is 16.2. The molecule has 3 nitrogen and oxygen atoms in total. The quantitative estimate of drug-likeness (QED) is 0.839. The predicted octanol–water partition coefficient (Wildman–Crippen LogP) is 3.10. The summed E-state index contributed by atoms with van der Waals surface area (Å²) in [6.45, 7) is 0.738. The lowest BCUT2D eigenvalue weighted by molar-refractivity contribution is -0.122. The van der Waals surface area contributed by atoms with Gasteiger partial charge in [0.1, 0.15) is 0 Å². The minimum atomic E-state index is 0.252. The minimum Gasteiger partial charge on any atom is -0.355 e. The number of nitrogens with zero attached hydrogens (tertiary/aromatic N) is 1. The Morgan fingerprint density at radius 2 is 2.00 bits per heavy atom. The highest BCUT2D eigenvalue weighted by Gasteiger charge is 2.40. The third-order valence-corrected chi connectivity index (χ3v) is 5.91. The second-order valence-corrected chi connectivity index (χ2v) is 7.75. The SMILES string of the molecule is CN(C)C(CNC(=O)CC1CC2CCC1C2)Cc1ccccc1. The molecule has 2 aliphatic rings. The summed E-state index contributed by atoms with van der Waals surface area (Å²) in [6, 6.07) is 10.9. The average molecular weight is 314 g/mol. The summed E-state index contributed by atoms with van der Waals surface area (Å²) in [5.41, 5.74) is 1.33. The molecule has 3 rings (SSSR count). The molecule has 0 saturated heterocycles. The number of benzene rings is 1. The topological polar surface area (TPSA) is 32.3 Å². The molecule has 23 heavy (non-hydrogen) atoms. The fourth-order valence-corrected chi connectivity index (χ4v) is 4.49. The second-order valence-electron chi connectivity index (χ2n) is 7.75. The molecule has 126 valence electrons. The van der Waals surface area contributed by atoms with Crippen molar-refractivity contribution in [1.29, 1.82) is 0 Å². The Labute approximate surface area is 140 Å². The molecule has 3 heteroatoms. The van der Waals surface area contributed by atoms with Crippen LogP contribution in [-0.2, 0) is 11.2 Å². The van der Waals surface area contributed by atoms with E-state index < -0.39 is 0 Å². The second kappa shape index (κ2) is 7.48. The molecular formula is C20H30N2O. The summed E-state index contributed by atoms with van der Waals surface area (Å²) in [5.74, 6) is 2.66. The molecule has 1 amide bonds. The first kappa shape index (κ1) is 16.5. The number of carbonyl (C=O) groups excluding carboxylic acids is 1. The van der Waals surface area contributed by atoms with E-state index in [0.717, 1.165) is 31.2 Å². The fraction of sp³-hybridized carbons (Fsp3) is 0.650. The van der Waals surface area contributed by atoms with Crippen LogP contribution in [0.5, 0.6) is 0 Å². The van der Waals surface area contributed by atoms with Gasteiger partial charge >= 0.3 is 0 Å². The number of rotatable bonds is 7. The maximum atomic E-state index is 12.3. The van der Waals surface area contributed by atoms with Gasteiger partial charge in [0.15, 0.2) is 0 Å². The molecular weight excluding hydrogens is 284 g/mol. The minimum absolute atomic E-state index is 0.252. The van der Waals surface area contributed by atoms with Crippen molar-refractivity contribution in [1.82, 2.24) is 10.2 Å². The van der Waals surface area contributed by atoms with Crippen molar-refractivity contribution >= 4 is 5.91 Å². The van der Waals surface area contributed by atoms with Crippen LogP contribution in [0.15, 0.2) is 30.3 Å². The molecule has 2 saturated carbocycles. The fourth-order valence-electron chi connectivity index (χ4n) is 4.49. The van der Waals surface area contributed by atoms with Crippen molar-refractivity contribution in [3.63, 3.8) is 0 Å². The van der Waals surface area contributed by atoms with Crippen molar-refractivity contribution in [2.45, 2.75) is 44.6 Å². The van der Waals surface area contributed by atoms with Crippen LogP contribution in [0.4, 0.5) is 0 Å². The van der Waals surface area contributed by atoms with Gasteiger partial charge in [0, 0.05) is 19.0 Å². The summed E-state index contributed by atoms with van der Waals surface area (Å²) in [5, 5.41) is 3.19. The summed E-state index contributed by atoms with van der Waals surface area (Å²) in [7, 11) is 4.19. The van der Waals surface area contributed by atoms with Gasteiger partial charge in [0.25, 0.3) is 0 Å². The van der Waals surface area contributed by atoms with Crippen LogP contribution in [0, 0.1) is 17.8 Å². The van der Waals surface area contributed by atoms with E-state index in [0.29, 0.717) is 12.0 Å². The molecule has 4 atom stereocenters. The van der Waals surface area contributed by atoms with Crippen molar-refractivity contribution < 1.29 is 4.79 Å². The summed E-state index contributed by atoms with van der Waals surface area (Å²) < 4.78 is 0. The lowest BCUT2D eigenvalue weighted by atomic mass is 9.86. The number of nitrogens with one attached hydrogen (secondary N) is 1. The van der Waals surface area contributed by atoms with E-state index in [1.807, 2.05) is 6.07 Å². The molecule has 0 radical (unpaired) electrons. The molecule has 1 aromatic carbocycles. The molecule has 2 fully saturated rings. The van der Waals surface area contributed by atoms with Crippen molar-refractivity contribution in [3.8, 4) is 0 Å². The number of hydrogen-bond acceptors (Lipinski definition) is 2. The van der Waals surface area contributed by atoms with Crippen LogP contribution in [0.1, 0.15) is 37.7 Å². The van der Waals surface area contributed by atoms with Gasteiger partial charge in [0.05, 0.1) is 0 Å². The normalized spacial score (nSPS) is 27.3. The molecule has 1 N–H and O–H groups in total. The van der Waals surface area contributed by atoms with Gasteiger partial charge in [-0.1, -0.05) is 36.8 Å². The first-order valence-electron chi connectivity index (χ1n) is 9.09. The van der Waals surface area contributed by atoms with E-state index in [1.165, 1.54) is 31.2 Å². The van der Waals surface area contributed by atoms with Gasteiger partial charge in [-0.2, -0.15) is 0 Å². The molecule has 0 spiro atoms. The van der Waals surface area contributed by atoms with E-state index in [1.54, 1.807) is 0 Å².